The number of nitrogens with zero attached hydrogens (tertiary/aromatic N) is 2. The van der Waals surface area contributed by atoms with E-state index < -0.39 is 0 Å². The SMILES string of the molecule is Cc1cc(C)c2c(ccn2C(C)(C)C)c1C[C@@H]1CCNC[C@H]1c1ccc(C#N)cc1. The summed E-state index contributed by atoms with van der Waals surface area (Å²) >= 11 is 0. The summed E-state index contributed by atoms with van der Waals surface area (Å²) in [5, 5.41) is 14.1. The second-order valence-corrected chi connectivity index (χ2v) is 9.91. The molecular weight excluding hydrogens is 366 g/mol. The number of hydrogen-bond acceptors (Lipinski definition) is 2. The molecule has 1 N–H and O–H groups in total. The summed E-state index contributed by atoms with van der Waals surface area (Å²) in [6.07, 6.45) is 4.55. The Bertz CT molecular complexity index is 1090. The number of piperidine rings is 1. The van der Waals surface area contributed by atoms with Crippen LogP contribution in [-0.2, 0) is 12.0 Å². The van der Waals surface area contributed by atoms with E-state index in [0.717, 1.165) is 25.1 Å². The van der Waals surface area contributed by atoms with Crippen LogP contribution in [0.5, 0.6) is 0 Å². The molecule has 1 aromatic heterocycles. The lowest BCUT2D eigenvalue weighted by molar-refractivity contribution is 0.322. The minimum absolute atomic E-state index is 0.0683. The lowest BCUT2D eigenvalue weighted by atomic mass is 9.77. The number of benzene rings is 2. The van der Waals surface area contributed by atoms with Crippen molar-refractivity contribution in [3.05, 3.63) is 70.4 Å². The molecule has 0 amide bonds. The minimum atomic E-state index is 0.0683. The van der Waals surface area contributed by atoms with E-state index >= 15 is 0 Å². The summed E-state index contributed by atoms with van der Waals surface area (Å²) in [6.45, 7) is 13.4. The van der Waals surface area contributed by atoms with Crippen LogP contribution in [0.2, 0.25) is 0 Å². The summed E-state index contributed by atoms with van der Waals surface area (Å²) in [4.78, 5) is 0. The molecule has 2 aromatic carbocycles. The lowest BCUT2D eigenvalue weighted by Crippen LogP contribution is -2.36. The van der Waals surface area contributed by atoms with Crippen LogP contribution in [0.15, 0.2) is 42.6 Å². The number of hydrogen-bond donors (Lipinski definition) is 1. The van der Waals surface area contributed by atoms with Gasteiger partial charge in [-0.25, -0.2) is 0 Å². The molecule has 1 aliphatic heterocycles. The van der Waals surface area contributed by atoms with Gasteiger partial charge in [-0.15, -0.1) is 0 Å². The maximum Gasteiger partial charge on any atom is 0.0991 e. The van der Waals surface area contributed by atoms with Crippen molar-refractivity contribution in [1.29, 1.82) is 5.26 Å². The average Bonchev–Trinajstić information content (AvgIpc) is 3.18. The van der Waals surface area contributed by atoms with Crippen LogP contribution in [0.1, 0.15) is 60.9 Å². The van der Waals surface area contributed by atoms with Crippen LogP contribution in [0.3, 0.4) is 0 Å². The molecule has 0 saturated carbocycles. The van der Waals surface area contributed by atoms with Gasteiger partial charge >= 0.3 is 0 Å². The highest BCUT2D eigenvalue weighted by Gasteiger charge is 2.28. The Morgan fingerprint density at radius 1 is 1.10 bits per heavy atom. The Morgan fingerprint density at radius 3 is 2.50 bits per heavy atom. The van der Waals surface area contributed by atoms with Gasteiger partial charge in [-0.3, -0.25) is 0 Å². The first-order valence-electron chi connectivity index (χ1n) is 11.1. The van der Waals surface area contributed by atoms with Gasteiger partial charge in [0.2, 0.25) is 0 Å². The van der Waals surface area contributed by atoms with Gasteiger partial charge in [-0.1, -0.05) is 18.2 Å². The Kier molecular flexibility index (Phi) is 5.47. The zero-order chi connectivity index (χ0) is 21.5. The molecule has 1 fully saturated rings. The normalized spacial score (nSPS) is 19.7. The van der Waals surface area contributed by atoms with Crippen molar-refractivity contribution in [2.45, 2.75) is 58.9 Å². The third kappa shape index (κ3) is 3.77. The molecule has 156 valence electrons. The third-order valence-electron chi connectivity index (χ3n) is 6.78. The number of nitriles is 1. The average molecular weight is 400 g/mol. The fraction of sp³-hybridized carbons (Fsp3) is 0.444. The molecule has 2 atom stereocenters. The van der Waals surface area contributed by atoms with E-state index in [0.29, 0.717) is 11.8 Å². The number of fused-ring (bicyclic) bond motifs is 1. The van der Waals surface area contributed by atoms with Gasteiger partial charge in [0.25, 0.3) is 0 Å². The largest absolute Gasteiger partial charge is 0.342 e. The number of nitrogens with one attached hydrogen (secondary N) is 1. The summed E-state index contributed by atoms with van der Waals surface area (Å²) in [5.74, 6) is 1.08. The highest BCUT2D eigenvalue weighted by atomic mass is 15.0. The van der Waals surface area contributed by atoms with Crippen molar-refractivity contribution in [3.63, 3.8) is 0 Å². The van der Waals surface area contributed by atoms with Crippen LogP contribution in [0, 0.1) is 31.1 Å². The fourth-order valence-corrected chi connectivity index (χ4v) is 5.22. The Labute approximate surface area is 180 Å². The molecule has 2 heterocycles. The van der Waals surface area contributed by atoms with Crippen molar-refractivity contribution in [3.8, 4) is 6.07 Å². The molecule has 0 aliphatic carbocycles. The van der Waals surface area contributed by atoms with Crippen LogP contribution in [-0.4, -0.2) is 17.7 Å². The molecule has 0 spiro atoms. The van der Waals surface area contributed by atoms with Gasteiger partial charge in [0.05, 0.1) is 17.1 Å². The lowest BCUT2D eigenvalue weighted by Gasteiger charge is -2.33. The summed E-state index contributed by atoms with van der Waals surface area (Å²) in [7, 11) is 0. The number of aryl methyl sites for hydroxylation is 2. The molecule has 0 bridgehead atoms. The Balaban J connectivity index is 1.73. The topological polar surface area (TPSA) is 40.8 Å². The number of rotatable bonds is 3. The van der Waals surface area contributed by atoms with Gasteiger partial charge in [0.1, 0.15) is 0 Å². The van der Waals surface area contributed by atoms with E-state index in [4.69, 9.17) is 5.26 Å². The highest BCUT2D eigenvalue weighted by Crippen LogP contribution is 2.37. The van der Waals surface area contributed by atoms with E-state index in [2.05, 4.69) is 81.0 Å². The van der Waals surface area contributed by atoms with Crippen LogP contribution >= 0.6 is 0 Å². The van der Waals surface area contributed by atoms with Gasteiger partial charge in [0, 0.05) is 23.7 Å². The summed E-state index contributed by atoms with van der Waals surface area (Å²) in [5.41, 5.74) is 7.80. The quantitative estimate of drug-likeness (QED) is 0.603. The van der Waals surface area contributed by atoms with E-state index in [9.17, 15) is 0 Å². The predicted molar refractivity (Wildman–Crippen MR) is 125 cm³/mol. The van der Waals surface area contributed by atoms with Crippen LogP contribution in [0.4, 0.5) is 0 Å². The molecule has 3 nitrogen and oxygen atoms in total. The first-order chi connectivity index (χ1) is 14.3. The fourth-order valence-electron chi connectivity index (χ4n) is 5.22. The minimum Gasteiger partial charge on any atom is -0.342 e. The van der Waals surface area contributed by atoms with E-state index in [1.807, 2.05) is 12.1 Å². The van der Waals surface area contributed by atoms with Crippen molar-refractivity contribution >= 4 is 10.9 Å². The predicted octanol–water partition coefficient (Wildman–Crippen LogP) is 5.82. The Morgan fingerprint density at radius 2 is 1.83 bits per heavy atom. The van der Waals surface area contributed by atoms with Crippen molar-refractivity contribution in [2.75, 3.05) is 13.1 Å². The highest BCUT2D eigenvalue weighted by molar-refractivity contribution is 5.88. The third-order valence-corrected chi connectivity index (χ3v) is 6.78. The molecule has 1 aliphatic rings. The molecule has 1 saturated heterocycles. The molecule has 4 rings (SSSR count). The van der Waals surface area contributed by atoms with E-state index in [1.165, 1.54) is 39.6 Å². The van der Waals surface area contributed by atoms with E-state index in [-0.39, 0.29) is 5.54 Å². The summed E-state index contributed by atoms with van der Waals surface area (Å²) < 4.78 is 2.43. The van der Waals surface area contributed by atoms with Crippen molar-refractivity contribution < 1.29 is 0 Å². The molecule has 3 heteroatoms. The first kappa shape index (κ1) is 20.7. The maximum absolute atomic E-state index is 9.13. The maximum atomic E-state index is 9.13. The molecule has 0 unspecified atom stereocenters. The number of aromatic nitrogens is 1. The van der Waals surface area contributed by atoms with Gasteiger partial charge in [-0.2, -0.15) is 5.26 Å². The van der Waals surface area contributed by atoms with Gasteiger partial charge in [-0.05, 0) is 106 Å². The second-order valence-electron chi connectivity index (χ2n) is 9.91. The van der Waals surface area contributed by atoms with Gasteiger partial charge < -0.3 is 9.88 Å². The van der Waals surface area contributed by atoms with Crippen molar-refractivity contribution in [1.82, 2.24) is 9.88 Å². The molecular formula is C27H33N3. The zero-order valence-corrected chi connectivity index (χ0v) is 18.9. The Hall–Kier alpha value is -2.57. The second kappa shape index (κ2) is 7.93. The van der Waals surface area contributed by atoms with Crippen LogP contribution in [0.25, 0.3) is 10.9 Å². The molecule has 30 heavy (non-hydrogen) atoms. The monoisotopic (exact) mass is 399 g/mol. The van der Waals surface area contributed by atoms with Gasteiger partial charge in [0.15, 0.2) is 0 Å². The molecule has 3 aromatic rings. The molecule has 0 radical (unpaired) electrons. The first-order valence-corrected chi connectivity index (χ1v) is 11.1. The van der Waals surface area contributed by atoms with Crippen molar-refractivity contribution in [2.24, 2.45) is 5.92 Å². The summed E-state index contributed by atoms with van der Waals surface area (Å²) in [6, 6.07) is 15.2. The van der Waals surface area contributed by atoms with Crippen LogP contribution < -0.4 is 5.32 Å². The zero-order valence-electron chi connectivity index (χ0n) is 18.9. The van der Waals surface area contributed by atoms with E-state index in [1.54, 1.807) is 0 Å². The smallest absolute Gasteiger partial charge is 0.0991 e. The standard InChI is InChI=1S/C27H33N3/c1-18-14-19(2)26-23(11-13-30(26)27(3,4)5)24(18)15-22-10-12-29-17-25(22)21-8-6-20(16-28)7-9-21/h6-9,11,13-14,22,25,29H,10,12,15,17H2,1-5H3/t22-,25-/m0/s1.